The number of benzene rings is 2. The van der Waals surface area contributed by atoms with Crippen LogP contribution in [-0.2, 0) is 29.5 Å². The number of primary amides is 1. The molecule has 0 saturated carbocycles. The topological polar surface area (TPSA) is 148 Å². The maximum Gasteiger partial charge on any atom is 0.338 e. The van der Waals surface area contributed by atoms with Crippen LogP contribution in [0.2, 0.25) is 0 Å². The van der Waals surface area contributed by atoms with Crippen molar-refractivity contribution in [2.45, 2.75) is 38.8 Å². The number of hydrogen-bond donors (Lipinski definition) is 3. The molecule has 0 aromatic heterocycles. The number of carbonyl (C=O) groups excluding carboxylic acids is 5. The van der Waals surface area contributed by atoms with Crippen molar-refractivity contribution in [3.8, 4) is 0 Å². The second kappa shape index (κ2) is 8.27. The number of ether oxygens (including phenoxy) is 1. The molecule has 2 fully saturated rings. The van der Waals surface area contributed by atoms with Crippen molar-refractivity contribution in [1.29, 1.82) is 0 Å². The molecule has 4 amide bonds. The molecular weight excluding hydrogens is 464 g/mol. The monoisotopic (exact) mass is 490 g/mol. The number of anilines is 2. The van der Waals surface area contributed by atoms with Gasteiger partial charge in [-0.1, -0.05) is 12.1 Å². The van der Waals surface area contributed by atoms with Gasteiger partial charge in [-0.3, -0.25) is 24.5 Å². The molecule has 3 heterocycles. The lowest BCUT2D eigenvalue weighted by atomic mass is 9.76. The van der Waals surface area contributed by atoms with Gasteiger partial charge in [-0.15, -0.1) is 0 Å². The van der Waals surface area contributed by atoms with Crippen molar-refractivity contribution < 1.29 is 28.7 Å². The number of fused-ring (bicyclic) bond motifs is 4. The third kappa shape index (κ3) is 3.17. The number of esters is 1. The summed E-state index contributed by atoms with van der Waals surface area (Å²) in [4.78, 5) is 66.1. The summed E-state index contributed by atoms with van der Waals surface area (Å²) in [6.45, 7) is 5.70. The Morgan fingerprint density at radius 2 is 1.75 bits per heavy atom. The van der Waals surface area contributed by atoms with Crippen LogP contribution in [0.15, 0.2) is 36.4 Å². The highest BCUT2D eigenvalue weighted by molar-refractivity contribution is 6.26. The van der Waals surface area contributed by atoms with E-state index in [0.717, 1.165) is 16.0 Å². The molecule has 2 aromatic rings. The first-order valence-corrected chi connectivity index (χ1v) is 11.7. The van der Waals surface area contributed by atoms with E-state index in [4.69, 9.17) is 10.5 Å². The molecule has 1 spiro atoms. The fourth-order valence-electron chi connectivity index (χ4n) is 5.73. The predicted octanol–water partition coefficient (Wildman–Crippen LogP) is 1.28. The van der Waals surface area contributed by atoms with Crippen molar-refractivity contribution >= 4 is 41.0 Å². The SMILES string of the molecule is CCOC(=O)c1ccc(N2C(=O)[C@@H]3[C@@H](C2=O)[C@]2(N[C@@H]3CC(N)=O)C(=O)Nc3c2ccc(C)c3C)cc1. The van der Waals surface area contributed by atoms with Crippen LogP contribution in [0.4, 0.5) is 11.4 Å². The number of nitrogens with zero attached hydrogens (tertiary/aromatic N) is 1. The molecule has 36 heavy (non-hydrogen) atoms. The Bertz CT molecular complexity index is 1340. The van der Waals surface area contributed by atoms with E-state index in [-0.39, 0.29) is 24.3 Å². The minimum Gasteiger partial charge on any atom is -0.462 e. The highest BCUT2D eigenvalue weighted by atomic mass is 16.5. The number of amides is 4. The largest absolute Gasteiger partial charge is 0.462 e. The number of nitrogens with two attached hydrogens (primary N) is 1. The number of nitrogens with one attached hydrogen (secondary N) is 2. The molecular formula is C26H26N4O6. The molecule has 3 aliphatic heterocycles. The molecule has 0 unspecified atom stereocenters. The second-order valence-corrected chi connectivity index (χ2v) is 9.40. The van der Waals surface area contributed by atoms with Gasteiger partial charge in [0, 0.05) is 23.7 Å². The van der Waals surface area contributed by atoms with E-state index < -0.39 is 53.0 Å². The lowest BCUT2D eigenvalue weighted by Crippen LogP contribution is -2.53. The zero-order chi connectivity index (χ0) is 25.9. The minimum absolute atomic E-state index is 0.214. The van der Waals surface area contributed by atoms with Gasteiger partial charge in [-0.25, -0.2) is 9.69 Å². The van der Waals surface area contributed by atoms with E-state index in [1.54, 1.807) is 13.0 Å². The summed E-state index contributed by atoms with van der Waals surface area (Å²) in [7, 11) is 0. The van der Waals surface area contributed by atoms with Crippen LogP contribution < -0.4 is 21.3 Å². The summed E-state index contributed by atoms with van der Waals surface area (Å²) in [6, 6.07) is 8.75. The smallest absolute Gasteiger partial charge is 0.338 e. The Hall–Kier alpha value is -4.05. The van der Waals surface area contributed by atoms with E-state index >= 15 is 0 Å². The minimum atomic E-state index is -1.52. The second-order valence-electron chi connectivity index (χ2n) is 9.40. The summed E-state index contributed by atoms with van der Waals surface area (Å²) in [5.74, 6) is -4.78. The number of hydrogen-bond acceptors (Lipinski definition) is 7. The normalized spacial score (nSPS) is 26.2. The summed E-state index contributed by atoms with van der Waals surface area (Å²) < 4.78 is 4.99. The summed E-state index contributed by atoms with van der Waals surface area (Å²) in [5, 5.41) is 6.08. The molecule has 10 nitrogen and oxygen atoms in total. The van der Waals surface area contributed by atoms with Crippen LogP contribution in [0.25, 0.3) is 0 Å². The fraction of sp³-hybridized carbons (Fsp3) is 0.346. The van der Waals surface area contributed by atoms with Gasteiger partial charge in [0.05, 0.1) is 29.7 Å². The van der Waals surface area contributed by atoms with Gasteiger partial charge in [0.1, 0.15) is 5.54 Å². The van der Waals surface area contributed by atoms with Gasteiger partial charge in [-0.05, 0) is 56.2 Å². The summed E-state index contributed by atoms with van der Waals surface area (Å²) >= 11 is 0. The lowest BCUT2D eigenvalue weighted by molar-refractivity contribution is -0.130. The molecule has 0 bridgehead atoms. The van der Waals surface area contributed by atoms with E-state index in [1.807, 2.05) is 19.9 Å². The van der Waals surface area contributed by atoms with Crippen LogP contribution in [0.1, 0.15) is 40.4 Å². The lowest BCUT2D eigenvalue weighted by Gasteiger charge is -2.29. The van der Waals surface area contributed by atoms with E-state index in [9.17, 15) is 24.0 Å². The maximum absolute atomic E-state index is 13.9. The first-order valence-electron chi connectivity index (χ1n) is 11.7. The molecule has 3 aliphatic rings. The van der Waals surface area contributed by atoms with Gasteiger partial charge < -0.3 is 15.8 Å². The fourth-order valence-corrected chi connectivity index (χ4v) is 5.73. The third-order valence-corrected chi connectivity index (χ3v) is 7.48. The zero-order valence-corrected chi connectivity index (χ0v) is 20.1. The highest BCUT2D eigenvalue weighted by Gasteiger charge is 2.70. The van der Waals surface area contributed by atoms with Crippen molar-refractivity contribution in [2.24, 2.45) is 17.6 Å². The molecule has 186 valence electrons. The molecule has 2 aromatic carbocycles. The zero-order valence-electron chi connectivity index (χ0n) is 20.1. The van der Waals surface area contributed by atoms with Crippen molar-refractivity contribution in [1.82, 2.24) is 5.32 Å². The number of aryl methyl sites for hydroxylation is 1. The third-order valence-electron chi connectivity index (χ3n) is 7.48. The summed E-state index contributed by atoms with van der Waals surface area (Å²) in [6.07, 6.45) is -0.217. The average Bonchev–Trinajstić information content (AvgIpc) is 3.41. The van der Waals surface area contributed by atoms with E-state index in [0.29, 0.717) is 11.3 Å². The Morgan fingerprint density at radius 1 is 1.06 bits per heavy atom. The Morgan fingerprint density at radius 3 is 2.39 bits per heavy atom. The van der Waals surface area contributed by atoms with Gasteiger partial charge in [0.2, 0.25) is 23.6 Å². The molecule has 4 N–H and O–H groups in total. The van der Waals surface area contributed by atoms with Crippen molar-refractivity contribution in [3.63, 3.8) is 0 Å². The molecule has 0 radical (unpaired) electrons. The van der Waals surface area contributed by atoms with Crippen LogP contribution in [-0.4, -0.2) is 42.2 Å². The molecule has 0 aliphatic carbocycles. The van der Waals surface area contributed by atoms with E-state index in [1.165, 1.54) is 24.3 Å². The van der Waals surface area contributed by atoms with Crippen LogP contribution in [0, 0.1) is 25.7 Å². The molecule has 2 saturated heterocycles. The van der Waals surface area contributed by atoms with Crippen molar-refractivity contribution in [3.05, 3.63) is 58.7 Å². The molecule has 4 atom stereocenters. The summed E-state index contributed by atoms with van der Waals surface area (Å²) in [5.41, 5.74) is 7.49. The molecule has 5 rings (SSSR count). The first kappa shape index (κ1) is 23.7. The van der Waals surface area contributed by atoms with E-state index in [2.05, 4.69) is 10.6 Å². The standard InChI is InChI=1S/C26H26N4O6/c1-4-36-24(34)14-6-8-15(9-7-14)30-22(32)19-17(11-18(27)31)29-26(20(19)23(30)33)16-10-5-12(2)13(3)21(16)28-25(26)35/h5-10,17,19-20,29H,4,11H2,1-3H3,(H2,27,31)(H,28,35)/t17-,19+,20+,26+/m1/s1. The highest BCUT2D eigenvalue weighted by Crippen LogP contribution is 2.54. The Labute approximate surface area is 207 Å². The number of carbonyl (C=O) groups is 5. The van der Waals surface area contributed by atoms with Gasteiger partial charge in [-0.2, -0.15) is 0 Å². The van der Waals surface area contributed by atoms with Gasteiger partial charge in [0.15, 0.2) is 0 Å². The number of rotatable bonds is 5. The van der Waals surface area contributed by atoms with Crippen LogP contribution in [0.5, 0.6) is 0 Å². The Balaban J connectivity index is 1.60. The van der Waals surface area contributed by atoms with Gasteiger partial charge in [0.25, 0.3) is 0 Å². The van der Waals surface area contributed by atoms with Gasteiger partial charge >= 0.3 is 5.97 Å². The van der Waals surface area contributed by atoms with Crippen LogP contribution in [0.3, 0.4) is 0 Å². The number of imide groups is 1. The predicted molar refractivity (Wildman–Crippen MR) is 129 cm³/mol. The molecule has 10 heteroatoms. The first-order chi connectivity index (χ1) is 17.1. The van der Waals surface area contributed by atoms with Crippen molar-refractivity contribution in [2.75, 3.05) is 16.8 Å². The maximum atomic E-state index is 13.9. The quantitative estimate of drug-likeness (QED) is 0.422. The average molecular weight is 491 g/mol. The van der Waals surface area contributed by atoms with Crippen LogP contribution >= 0.6 is 0 Å². The Kier molecular flexibility index (Phi) is 5.44.